The van der Waals surface area contributed by atoms with E-state index in [4.69, 9.17) is 0 Å². The minimum Gasteiger partial charge on any atom is -0.465 e. The van der Waals surface area contributed by atoms with E-state index < -0.39 is 6.09 Å². The van der Waals surface area contributed by atoms with Gasteiger partial charge in [0.15, 0.2) is 0 Å². The normalized spacial score (nSPS) is 33.4. The number of rotatable bonds is 1. The van der Waals surface area contributed by atoms with Gasteiger partial charge in [0.1, 0.15) is 0 Å². The number of hydrogen-bond acceptors (Lipinski definition) is 3. The number of hydrogen-bond donors (Lipinski definition) is 3. The van der Waals surface area contributed by atoms with E-state index in [2.05, 4.69) is 17.6 Å². The summed E-state index contributed by atoms with van der Waals surface area (Å²) < 4.78 is 0. The fourth-order valence-corrected chi connectivity index (χ4v) is 3.46. The van der Waals surface area contributed by atoms with E-state index in [0.29, 0.717) is 12.5 Å². The van der Waals surface area contributed by atoms with E-state index >= 15 is 0 Å². The predicted octanol–water partition coefficient (Wildman–Crippen LogP) is 1.10. The van der Waals surface area contributed by atoms with Crippen molar-refractivity contribution in [2.75, 3.05) is 19.6 Å². The molecule has 0 aromatic carbocycles. The zero-order chi connectivity index (χ0) is 13.3. The minimum atomic E-state index is -0.799. The molecule has 2 saturated heterocycles. The van der Waals surface area contributed by atoms with Crippen LogP contribution in [0.4, 0.5) is 4.79 Å². The molecule has 2 aliphatic rings. The first-order valence-corrected chi connectivity index (χ1v) is 6.90. The van der Waals surface area contributed by atoms with Gasteiger partial charge >= 0.3 is 6.09 Å². The van der Waals surface area contributed by atoms with E-state index in [0.717, 1.165) is 25.9 Å². The van der Waals surface area contributed by atoms with E-state index in [9.17, 15) is 9.90 Å². The van der Waals surface area contributed by atoms with Gasteiger partial charge in [-0.15, -0.1) is 0 Å². The average molecular weight is 255 g/mol. The third kappa shape index (κ3) is 2.47. The number of piperidine rings is 1. The van der Waals surface area contributed by atoms with Crippen LogP contribution in [0.2, 0.25) is 0 Å². The molecule has 0 spiro atoms. The van der Waals surface area contributed by atoms with Crippen LogP contribution in [0.5, 0.6) is 0 Å². The smallest absolute Gasteiger partial charge is 0.407 e. The number of nitrogens with one attached hydrogen (secondary N) is 2. The third-order valence-electron chi connectivity index (χ3n) is 4.46. The second-order valence-corrected chi connectivity index (χ2v) is 6.18. The number of piperazine rings is 1. The lowest BCUT2D eigenvalue weighted by atomic mass is 9.76. The first kappa shape index (κ1) is 13.6. The molecule has 0 saturated carbocycles. The first-order chi connectivity index (χ1) is 8.43. The van der Waals surface area contributed by atoms with Crippen molar-refractivity contribution in [1.82, 2.24) is 15.5 Å². The molecular weight excluding hydrogens is 230 g/mol. The Morgan fingerprint density at radius 1 is 1.33 bits per heavy atom. The van der Waals surface area contributed by atoms with E-state index in [-0.39, 0.29) is 17.6 Å². The molecule has 3 N–H and O–H groups in total. The number of carbonyl (C=O) groups is 1. The molecule has 2 heterocycles. The van der Waals surface area contributed by atoms with Crippen LogP contribution >= 0.6 is 0 Å². The van der Waals surface area contributed by atoms with Crippen molar-refractivity contribution < 1.29 is 9.90 Å². The van der Waals surface area contributed by atoms with Crippen LogP contribution in [-0.2, 0) is 0 Å². The Morgan fingerprint density at radius 3 is 2.50 bits per heavy atom. The summed E-state index contributed by atoms with van der Waals surface area (Å²) in [6.45, 7) is 8.82. The molecule has 104 valence electrons. The molecule has 5 heteroatoms. The molecule has 0 aromatic heterocycles. The van der Waals surface area contributed by atoms with Gasteiger partial charge < -0.3 is 20.6 Å². The zero-order valence-corrected chi connectivity index (χ0v) is 11.6. The van der Waals surface area contributed by atoms with Crippen molar-refractivity contribution in [3.63, 3.8) is 0 Å². The second-order valence-electron chi connectivity index (χ2n) is 6.18. The Hall–Kier alpha value is -0.810. The van der Waals surface area contributed by atoms with Gasteiger partial charge in [-0.3, -0.25) is 0 Å². The van der Waals surface area contributed by atoms with Gasteiger partial charge in [0, 0.05) is 18.6 Å². The molecule has 0 bridgehead atoms. The maximum atomic E-state index is 11.4. The van der Waals surface area contributed by atoms with E-state index in [1.165, 1.54) is 0 Å². The van der Waals surface area contributed by atoms with Crippen LogP contribution in [0.1, 0.15) is 33.6 Å². The third-order valence-corrected chi connectivity index (χ3v) is 4.46. The zero-order valence-electron chi connectivity index (χ0n) is 11.6. The van der Waals surface area contributed by atoms with Gasteiger partial charge in [-0.1, -0.05) is 0 Å². The van der Waals surface area contributed by atoms with E-state index in [1.807, 2.05) is 13.8 Å². The highest BCUT2D eigenvalue weighted by Crippen LogP contribution is 2.32. The summed E-state index contributed by atoms with van der Waals surface area (Å²) >= 11 is 0. The van der Waals surface area contributed by atoms with Crippen LogP contribution in [0.25, 0.3) is 0 Å². The Bertz CT molecular complexity index is 313. The van der Waals surface area contributed by atoms with Crippen molar-refractivity contribution in [3.05, 3.63) is 0 Å². The Labute approximate surface area is 109 Å². The van der Waals surface area contributed by atoms with Crippen molar-refractivity contribution in [2.45, 2.75) is 51.2 Å². The minimum absolute atomic E-state index is 0.231. The SMILES string of the molecule is CC1CN(C(=O)O)C(C)(C)C(C2CCNCC2)N1. The molecule has 0 radical (unpaired) electrons. The summed E-state index contributed by atoms with van der Waals surface area (Å²) in [5.74, 6) is 0.561. The lowest BCUT2D eigenvalue weighted by Gasteiger charge is -2.52. The van der Waals surface area contributed by atoms with Crippen molar-refractivity contribution in [1.29, 1.82) is 0 Å². The summed E-state index contributed by atoms with van der Waals surface area (Å²) in [4.78, 5) is 13.0. The van der Waals surface area contributed by atoms with Crippen LogP contribution < -0.4 is 10.6 Å². The number of carboxylic acid groups (broad SMARTS) is 1. The maximum absolute atomic E-state index is 11.4. The van der Waals surface area contributed by atoms with Crippen LogP contribution in [0.3, 0.4) is 0 Å². The van der Waals surface area contributed by atoms with E-state index in [1.54, 1.807) is 4.90 Å². The number of nitrogens with zero attached hydrogens (tertiary/aromatic N) is 1. The van der Waals surface area contributed by atoms with Crippen LogP contribution in [0, 0.1) is 5.92 Å². The molecule has 2 rings (SSSR count). The molecule has 1 amide bonds. The molecule has 2 fully saturated rings. The van der Waals surface area contributed by atoms with Crippen LogP contribution in [-0.4, -0.2) is 53.4 Å². The Balaban J connectivity index is 2.18. The molecule has 18 heavy (non-hydrogen) atoms. The highest BCUT2D eigenvalue weighted by molar-refractivity contribution is 5.66. The first-order valence-electron chi connectivity index (χ1n) is 6.90. The summed E-state index contributed by atoms with van der Waals surface area (Å²) in [5.41, 5.74) is -0.333. The summed E-state index contributed by atoms with van der Waals surface area (Å²) in [6.07, 6.45) is 1.45. The Kier molecular flexibility index (Phi) is 3.82. The van der Waals surface area contributed by atoms with Crippen LogP contribution in [0.15, 0.2) is 0 Å². The highest BCUT2D eigenvalue weighted by atomic mass is 16.4. The van der Waals surface area contributed by atoms with Crippen molar-refractivity contribution >= 4 is 6.09 Å². The molecule has 2 unspecified atom stereocenters. The molecule has 2 aliphatic heterocycles. The highest BCUT2D eigenvalue weighted by Gasteiger charge is 2.46. The van der Waals surface area contributed by atoms with Gasteiger partial charge in [0.25, 0.3) is 0 Å². The molecular formula is C13H25N3O2. The second kappa shape index (κ2) is 5.05. The monoisotopic (exact) mass is 255 g/mol. The van der Waals surface area contributed by atoms with Gasteiger partial charge in [0.05, 0.1) is 5.54 Å². The van der Waals surface area contributed by atoms with Gasteiger partial charge in [-0.25, -0.2) is 4.79 Å². The topological polar surface area (TPSA) is 64.6 Å². The average Bonchev–Trinajstić information content (AvgIpc) is 2.32. The van der Waals surface area contributed by atoms with Crippen molar-refractivity contribution in [2.24, 2.45) is 5.92 Å². The van der Waals surface area contributed by atoms with Gasteiger partial charge in [-0.2, -0.15) is 0 Å². The Morgan fingerprint density at radius 2 is 1.94 bits per heavy atom. The molecule has 2 atom stereocenters. The largest absolute Gasteiger partial charge is 0.465 e. The molecule has 5 nitrogen and oxygen atoms in total. The lowest BCUT2D eigenvalue weighted by molar-refractivity contribution is 0.00905. The number of amides is 1. The predicted molar refractivity (Wildman–Crippen MR) is 70.8 cm³/mol. The maximum Gasteiger partial charge on any atom is 0.407 e. The molecule has 0 aromatic rings. The fraction of sp³-hybridized carbons (Fsp3) is 0.923. The lowest BCUT2D eigenvalue weighted by Crippen LogP contribution is -2.70. The fourth-order valence-electron chi connectivity index (χ4n) is 3.46. The summed E-state index contributed by atoms with van der Waals surface area (Å²) in [6, 6.07) is 0.480. The standard InChI is InChI=1S/C13H25N3O2/c1-9-8-16(12(17)18)13(2,3)11(15-9)10-4-6-14-7-5-10/h9-11,14-15H,4-8H2,1-3H3,(H,17,18). The van der Waals surface area contributed by atoms with Gasteiger partial charge in [-0.05, 0) is 52.6 Å². The quantitative estimate of drug-likeness (QED) is 0.656. The summed E-state index contributed by atoms with van der Waals surface area (Å²) in [5, 5.41) is 16.4. The van der Waals surface area contributed by atoms with Gasteiger partial charge in [0.2, 0.25) is 0 Å². The molecule has 0 aliphatic carbocycles. The summed E-state index contributed by atoms with van der Waals surface area (Å²) in [7, 11) is 0. The van der Waals surface area contributed by atoms with Crippen molar-refractivity contribution in [3.8, 4) is 0 Å².